The number of carbonyl (C=O) groups is 1. The number of rotatable bonds is 8. The number of piperidine rings is 1. The van der Waals surface area contributed by atoms with Crippen LogP contribution >= 0.6 is 0 Å². The van der Waals surface area contributed by atoms with Crippen molar-refractivity contribution in [3.05, 3.63) is 53.4 Å². The van der Waals surface area contributed by atoms with Gasteiger partial charge in [0.1, 0.15) is 6.61 Å². The number of nitrogens with zero attached hydrogens (tertiary/aromatic N) is 2. The van der Waals surface area contributed by atoms with Gasteiger partial charge in [-0.15, -0.1) is 0 Å². The second kappa shape index (κ2) is 9.67. The first-order valence-corrected chi connectivity index (χ1v) is 9.57. The fourth-order valence-electron chi connectivity index (χ4n) is 3.74. The van der Waals surface area contributed by atoms with Gasteiger partial charge in [0.05, 0.1) is 5.69 Å². The van der Waals surface area contributed by atoms with Crippen LogP contribution in [0.15, 0.2) is 40.9 Å². The largest absolute Gasteiger partial charge is 0.377 e. The Kier molecular flexibility index (Phi) is 7.01. The Bertz CT molecular complexity index is 716. The van der Waals surface area contributed by atoms with Crippen LogP contribution in [0.3, 0.4) is 0 Å². The SMILES string of the molecule is COCc1cc(C[C@H]2CNCC[C@H]2CC(=O)N(C)Cc2ccccc2)no1. The lowest BCUT2D eigenvalue weighted by Crippen LogP contribution is -2.40. The summed E-state index contributed by atoms with van der Waals surface area (Å²) in [6, 6.07) is 12.1. The maximum absolute atomic E-state index is 12.8. The van der Waals surface area contributed by atoms with Crippen molar-refractivity contribution in [2.45, 2.75) is 32.4 Å². The van der Waals surface area contributed by atoms with Gasteiger partial charge in [-0.05, 0) is 43.3 Å². The number of benzene rings is 1. The summed E-state index contributed by atoms with van der Waals surface area (Å²) in [5.74, 6) is 1.69. The lowest BCUT2D eigenvalue weighted by atomic mass is 9.81. The highest BCUT2D eigenvalue weighted by Gasteiger charge is 2.29. The highest BCUT2D eigenvalue weighted by molar-refractivity contribution is 5.76. The normalized spacial score (nSPS) is 19.8. The van der Waals surface area contributed by atoms with E-state index in [-0.39, 0.29) is 5.91 Å². The average molecular weight is 371 g/mol. The third-order valence-corrected chi connectivity index (χ3v) is 5.26. The molecule has 2 atom stereocenters. The Balaban J connectivity index is 1.56. The van der Waals surface area contributed by atoms with E-state index in [9.17, 15) is 4.79 Å². The quantitative estimate of drug-likeness (QED) is 0.773. The molecule has 1 N–H and O–H groups in total. The fraction of sp³-hybridized carbons (Fsp3) is 0.524. The Morgan fingerprint density at radius 1 is 1.33 bits per heavy atom. The van der Waals surface area contributed by atoms with Gasteiger partial charge < -0.3 is 19.5 Å². The molecule has 1 fully saturated rings. The summed E-state index contributed by atoms with van der Waals surface area (Å²) in [5.41, 5.74) is 2.09. The van der Waals surface area contributed by atoms with Gasteiger partial charge >= 0.3 is 0 Å². The molecule has 0 bridgehead atoms. The maximum atomic E-state index is 12.8. The fourth-order valence-corrected chi connectivity index (χ4v) is 3.74. The maximum Gasteiger partial charge on any atom is 0.222 e. The standard InChI is InChI=1S/C21H29N3O3/c1-24(14-16-6-4-3-5-7-16)21(25)11-17-8-9-22-13-18(17)10-19-12-20(15-26-2)27-23-19/h3-7,12,17-18,22H,8-11,13-15H2,1-2H3/t17-,18-/m0/s1. The van der Waals surface area contributed by atoms with Crippen molar-refractivity contribution in [1.82, 2.24) is 15.4 Å². The number of nitrogens with one attached hydrogen (secondary N) is 1. The van der Waals surface area contributed by atoms with Crippen molar-refractivity contribution in [3.63, 3.8) is 0 Å². The first-order valence-electron chi connectivity index (χ1n) is 9.57. The molecule has 0 radical (unpaired) electrons. The van der Waals surface area contributed by atoms with E-state index in [4.69, 9.17) is 9.26 Å². The molecule has 1 aliphatic heterocycles. The van der Waals surface area contributed by atoms with Crippen LogP contribution in [0.1, 0.15) is 29.9 Å². The van der Waals surface area contributed by atoms with Crippen LogP contribution in [0, 0.1) is 11.8 Å². The molecule has 6 heteroatoms. The molecule has 1 saturated heterocycles. The molecule has 3 rings (SSSR count). The summed E-state index contributed by atoms with van der Waals surface area (Å²) in [7, 11) is 3.53. The number of hydrogen-bond donors (Lipinski definition) is 1. The minimum atomic E-state index is 0.205. The summed E-state index contributed by atoms with van der Waals surface area (Å²) < 4.78 is 10.4. The molecule has 1 aromatic heterocycles. The van der Waals surface area contributed by atoms with Gasteiger partial charge in [-0.2, -0.15) is 0 Å². The lowest BCUT2D eigenvalue weighted by Gasteiger charge is -2.32. The monoisotopic (exact) mass is 371 g/mol. The molecule has 0 unspecified atom stereocenters. The Morgan fingerprint density at radius 2 is 2.15 bits per heavy atom. The summed E-state index contributed by atoms with van der Waals surface area (Å²) in [5, 5.41) is 7.61. The molecule has 2 heterocycles. The van der Waals surface area contributed by atoms with Crippen LogP contribution in [0.5, 0.6) is 0 Å². The van der Waals surface area contributed by atoms with Crippen LogP contribution in [-0.4, -0.2) is 43.2 Å². The molecule has 2 aromatic rings. The summed E-state index contributed by atoms with van der Waals surface area (Å²) in [4.78, 5) is 14.6. The molecule has 146 valence electrons. The predicted octanol–water partition coefficient (Wildman–Crippen LogP) is 2.64. The van der Waals surface area contributed by atoms with Gasteiger partial charge in [-0.25, -0.2) is 0 Å². The first kappa shape index (κ1) is 19.6. The minimum Gasteiger partial charge on any atom is -0.377 e. The van der Waals surface area contributed by atoms with Gasteiger partial charge in [0.15, 0.2) is 5.76 Å². The van der Waals surface area contributed by atoms with Crippen molar-refractivity contribution in [1.29, 1.82) is 0 Å². The third kappa shape index (κ3) is 5.65. The molecule has 1 amide bonds. The Labute approximate surface area is 160 Å². The number of amides is 1. The average Bonchev–Trinajstić information content (AvgIpc) is 3.11. The third-order valence-electron chi connectivity index (χ3n) is 5.26. The molecule has 1 aromatic carbocycles. The van der Waals surface area contributed by atoms with Crippen LogP contribution in [0.25, 0.3) is 0 Å². The number of hydrogen-bond acceptors (Lipinski definition) is 5. The molecule has 0 spiro atoms. The van der Waals surface area contributed by atoms with Crippen LogP contribution < -0.4 is 5.32 Å². The van der Waals surface area contributed by atoms with E-state index < -0.39 is 0 Å². The molecular weight excluding hydrogens is 342 g/mol. The first-order chi connectivity index (χ1) is 13.2. The molecular formula is C21H29N3O3. The van der Waals surface area contributed by atoms with E-state index in [2.05, 4.69) is 22.6 Å². The van der Waals surface area contributed by atoms with E-state index in [1.54, 1.807) is 7.11 Å². The summed E-state index contributed by atoms with van der Waals surface area (Å²) in [6.07, 6.45) is 2.41. The van der Waals surface area contributed by atoms with E-state index in [0.717, 1.165) is 42.9 Å². The molecule has 0 aliphatic carbocycles. The van der Waals surface area contributed by atoms with Gasteiger partial charge in [0.25, 0.3) is 0 Å². The van der Waals surface area contributed by atoms with Gasteiger partial charge in [0.2, 0.25) is 5.91 Å². The summed E-state index contributed by atoms with van der Waals surface area (Å²) in [6.45, 7) is 2.96. The number of carbonyl (C=O) groups excluding carboxylic acids is 1. The molecule has 0 saturated carbocycles. The summed E-state index contributed by atoms with van der Waals surface area (Å²) >= 11 is 0. The zero-order chi connectivity index (χ0) is 19.1. The Morgan fingerprint density at radius 3 is 2.93 bits per heavy atom. The molecule has 27 heavy (non-hydrogen) atoms. The zero-order valence-electron chi connectivity index (χ0n) is 16.2. The lowest BCUT2D eigenvalue weighted by molar-refractivity contribution is -0.132. The minimum absolute atomic E-state index is 0.205. The molecule has 1 aliphatic rings. The van der Waals surface area contributed by atoms with Gasteiger partial charge in [-0.1, -0.05) is 35.5 Å². The van der Waals surface area contributed by atoms with Crippen LogP contribution in [0.2, 0.25) is 0 Å². The van der Waals surface area contributed by atoms with E-state index >= 15 is 0 Å². The number of aromatic nitrogens is 1. The van der Waals surface area contributed by atoms with Crippen LogP contribution in [0.4, 0.5) is 0 Å². The highest BCUT2D eigenvalue weighted by atomic mass is 16.5. The van der Waals surface area contributed by atoms with Crippen molar-refractivity contribution >= 4 is 5.91 Å². The van der Waals surface area contributed by atoms with Crippen molar-refractivity contribution in [2.24, 2.45) is 11.8 Å². The van der Waals surface area contributed by atoms with Crippen LogP contribution in [-0.2, 0) is 29.1 Å². The van der Waals surface area contributed by atoms with E-state index in [1.807, 2.05) is 36.2 Å². The predicted molar refractivity (Wildman–Crippen MR) is 103 cm³/mol. The topological polar surface area (TPSA) is 67.6 Å². The highest BCUT2D eigenvalue weighted by Crippen LogP contribution is 2.27. The van der Waals surface area contributed by atoms with E-state index in [1.165, 1.54) is 0 Å². The van der Waals surface area contributed by atoms with E-state index in [0.29, 0.717) is 31.4 Å². The van der Waals surface area contributed by atoms with Gasteiger partial charge in [-0.3, -0.25) is 4.79 Å². The molecule has 6 nitrogen and oxygen atoms in total. The van der Waals surface area contributed by atoms with Crippen molar-refractivity contribution in [2.75, 3.05) is 27.2 Å². The number of methoxy groups -OCH3 is 1. The smallest absolute Gasteiger partial charge is 0.222 e. The van der Waals surface area contributed by atoms with Crippen molar-refractivity contribution < 1.29 is 14.1 Å². The zero-order valence-corrected chi connectivity index (χ0v) is 16.2. The second-order valence-corrected chi connectivity index (χ2v) is 7.37. The van der Waals surface area contributed by atoms with Gasteiger partial charge in [0, 0.05) is 33.2 Å². The second-order valence-electron chi connectivity index (χ2n) is 7.37. The van der Waals surface area contributed by atoms with Crippen molar-refractivity contribution in [3.8, 4) is 0 Å². The number of ether oxygens (including phenoxy) is 1. The Hall–Kier alpha value is -2.18.